The molecule has 2 aromatic heterocycles. The number of carbonyl (C=O) groups is 2. The smallest absolute Gasteiger partial charge is 0.411 e. The van der Waals surface area contributed by atoms with Crippen molar-refractivity contribution in [3.05, 3.63) is 84.6 Å². The number of benzene rings is 3. The molecule has 10 heteroatoms. The zero-order chi connectivity index (χ0) is 36.4. The number of hydrogen-bond donors (Lipinski definition) is 2. The van der Waals surface area contributed by atoms with Gasteiger partial charge in [0.05, 0.1) is 35.0 Å². The molecule has 0 radical (unpaired) electrons. The molecule has 2 aliphatic heterocycles. The van der Waals surface area contributed by atoms with Crippen LogP contribution in [0.4, 0.5) is 9.59 Å². The molecule has 3 fully saturated rings. The summed E-state index contributed by atoms with van der Waals surface area (Å²) in [5.41, 5.74) is 7.21. The van der Waals surface area contributed by atoms with E-state index in [1.165, 1.54) is 0 Å². The van der Waals surface area contributed by atoms with Crippen LogP contribution in [-0.4, -0.2) is 65.7 Å². The van der Waals surface area contributed by atoms with Crippen LogP contribution in [0.15, 0.2) is 72.9 Å². The van der Waals surface area contributed by atoms with Gasteiger partial charge in [-0.3, -0.25) is 9.80 Å². The maximum atomic E-state index is 13.3. The number of carbonyl (C=O) groups excluding carboxylic acids is 2. The number of nitrogens with zero attached hydrogens (tertiary/aromatic N) is 4. The average molecular weight is 701 g/mol. The molecule has 52 heavy (non-hydrogen) atoms. The third-order valence-electron chi connectivity index (χ3n) is 10.5. The molecule has 2 bridgehead atoms. The Morgan fingerprint density at radius 2 is 1.35 bits per heavy atom. The van der Waals surface area contributed by atoms with Gasteiger partial charge in [-0.2, -0.15) is 0 Å². The Bertz CT molecular complexity index is 2100. The molecule has 2 N–H and O–H groups in total. The van der Waals surface area contributed by atoms with Gasteiger partial charge < -0.3 is 19.4 Å². The lowest BCUT2D eigenvalue weighted by atomic mass is 9.98. The van der Waals surface area contributed by atoms with E-state index < -0.39 is 11.2 Å². The maximum absolute atomic E-state index is 13.3. The van der Waals surface area contributed by atoms with Crippen molar-refractivity contribution in [3.8, 4) is 33.5 Å². The molecule has 3 aromatic carbocycles. The predicted molar refractivity (Wildman–Crippen MR) is 201 cm³/mol. The van der Waals surface area contributed by atoms with E-state index in [9.17, 15) is 9.59 Å². The number of hydrogen-bond acceptors (Lipinski definition) is 6. The zero-order valence-electron chi connectivity index (χ0n) is 30.9. The van der Waals surface area contributed by atoms with Crippen molar-refractivity contribution >= 4 is 23.2 Å². The number of amides is 2. The summed E-state index contributed by atoms with van der Waals surface area (Å²) in [6.45, 7) is 12.1. The highest BCUT2D eigenvalue weighted by molar-refractivity contribution is 5.83. The number of rotatable bonds is 5. The summed E-state index contributed by atoms with van der Waals surface area (Å²) in [6, 6.07) is 23.4. The second kappa shape index (κ2) is 12.8. The van der Waals surface area contributed by atoms with Gasteiger partial charge in [-0.1, -0.05) is 54.6 Å². The lowest BCUT2D eigenvalue weighted by Crippen LogP contribution is -2.43. The van der Waals surface area contributed by atoms with E-state index in [2.05, 4.69) is 81.7 Å². The van der Waals surface area contributed by atoms with Crippen molar-refractivity contribution in [2.24, 2.45) is 5.92 Å². The number of imidazole rings is 2. The van der Waals surface area contributed by atoms with Gasteiger partial charge in [-0.25, -0.2) is 19.6 Å². The Balaban J connectivity index is 0.957. The first-order valence-electron chi connectivity index (χ1n) is 18.6. The van der Waals surface area contributed by atoms with E-state index in [0.29, 0.717) is 12.5 Å². The lowest BCUT2D eigenvalue weighted by molar-refractivity contribution is 0.00616. The minimum atomic E-state index is -0.541. The van der Waals surface area contributed by atoms with Crippen LogP contribution in [0, 0.1) is 5.92 Å². The average Bonchev–Trinajstić information content (AvgIpc) is 3.94. The van der Waals surface area contributed by atoms with Crippen LogP contribution in [0.25, 0.3) is 44.5 Å². The van der Waals surface area contributed by atoms with Gasteiger partial charge in [0.25, 0.3) is 0 Å². The predicted octanol–water partition coefficient (Wildman–Crippen LogP) is 9.82. The largest absolute Gasteiger partial charge is 0.444 e. The third kappa shape index (κ3) is 6.66. The summed E-state index contributed by atoms with van der Waals surface area (Å²) < 4.78 is 11.5. The summed E-state index contributed by atoms with van der Waals surface area (Å²) in [6.07, 6.45) is 6.21. The van der Waals surface area contributed by atoms with Gasteiger partial charge in [-0.05, 0) is 120 Å². The van der Waals surface area contributed by atoms with Crippen molar-refractivity contribution in [2.75, 3.05) is 6.54 Å². The standard InChI is InChI=1S/C42H48N6O4/c1-41(2,3)51-39(49)47-21-7-8-35(47)37-43-24-34(46-37)28-15-13-26(14-16-28)25-9-11-27(12-10-25)29-18-20-32-33(23-29)45-38(44-32)36-30-17-19-31(22-30)48(36)40(50)52-42(4,5)6/h9-16,18,20,23-24,30-31,35-36H,7-8,17,19,21-22H2,1-6H3,(H,43,46)(H,44,45)/t30-,31+,35-,36-/m0/s1. The van der Waals surface area contributed by atoms with E-state index in [4.69, 9.17) is 14.5 Å². The number of aromatic nitrogens is 4. The van der Waals surface area contributed by atoms with Gasteiger partial charge in [0, 0.05) is 12.6 Å². The number of nitrogens with one attached hydrogen (secondary N) is 2. The van der Waals surface area contributed by atoms with Crippen LogP contribution in [0.3, 0.4) is 0 Å². The molecule has 1 aliphatic carbocycles. The quantitative estimate of drug-likeness (QED) is 0.189. The van der Waals surface area contributed by atoms with Crippen molar-refractivity contribution in [2.45, 2.75) is 103 Å². The molecule has 2 amide bonds. The van der Waals surface area contributed by atoms with Gasteiger partial charge in [0.1, 0.15) is 22.9 Å². The number of aromatic amines is 2. The van der Waals surface area contributed by atoms with E-state index in [1.54, 1.807) is 4.90 Å². The highest BCUT2D eigenvalue weighted by atomic mass is 16.6. The highest BCUT2D eigenvalue weighted by Gasteiger charge is 2.51. The fourth-order valence-corrected chi connectivity index (χ4v) is 8.21. The molecule has 3 aliphatic rings. The van der Waals surface area contributed by atoms with Crippen molar-refractivity contribution < 1.29 is 19.1 Å². The van der Waals surface area contributed by atoms with Crippen molar-refractivity contribution in [1.29, 1.82) is 0 Å². The summed E-state index contributed by atoms with van der Waals surface area (Å²) in [5, 5.41) is 0. The van der Waals surface area contributed by atoms with Gasteiger partial charge in [-0.15, -0.1) is 0 Å². The number of piperidine rings is 1. The third-order valence-corrected chi connectivity index (χ3v) is 10.5. The summed E-state index contributed by atoms with van der Waals surface area (Å²) in [5.74, 6) is 2.03. The van der Waals surface area contributed by atoms with E-state index in [0.717, 1.165) is 88.3 Å². The first kappa shape index (κ1) is 34.0. The molecule has 270 valence electrons. The molecule has 10 nitrogen and oxygen atoms in total. The van der Waals surface area contributed by atoms with Crippen LogP contribution in [0.5, 0.6) is 0 Å². The first-order chi connectivity index (χ1) is 24.8. The van der Waals surface area contributed by atoms with Crippen LogP contribution in [0.1, 0.15) is 97.4 Å². The summed E-state index contributed by atoms with van der Waals surface area (Å²) >= 11 is 0. The lowest BCUT2D eigenvalue weighted by Gasteiger charge is -2.35. The minimum Gasteiger partial charge on any atom is -0.444 e. The van der Waals surface area contributed by atoms with Crippen molar-refractivity contribution in [1.82, 2.24) is 29.7 Å². The van der Waals surface area contributed by atoms with Gasteiger partial charge >= 0.3 is 12.2 Å². The van der Waals surface area contributed by atoms with E-state index in [-0.39, 0.29) is 30.3 Å². The molecule has 2 saturated heterocycles. The fourth-order valence-electron chi connectivity index (χ4n) is 8.21. The maximum Gasteiger partial charge on any atom is 0.411 e. The topological polar surface area (TPSA) is 116 Å². The van der Waals surface area contributed by atoms with Crippen LogP contribution in [-0.2, 0) is 9.47 Å². The van der Waals surface area contributed by atoms with Gasteiger partial charge in [0.2, 0.25) is 0 Å². The Morgan fingerprint density at radius 1 is 0.731 bits per heavy atom. The van der Waals surface area contributed by atoms with Crippen LogP contribution < -0.4 is 0 Å². The normalized spacial score (nSPS) is 21.7. The second-order valence-electron chi connectivity index (χ2n) is 16.6. The Hall–Kier alpha value is -5.12. The summed E-state index contributed by atoms with van der Waals surface area (Å²) in [7, 11) is 0. The molecule has 0 unspecified atom stereocenters. The molecule has 5 aromatic rings. The van der Waals surface area contributed by atoms with Crippen molar-refractivity contribution in [3.63, 3.8) is 0 Å². The minimum absolute atomic E-state index is 0.0905. The number of likely N-dealkylation sites (tertiary alicyclic amines) is 2. The fraction of sp³-hybridized carbons (Fsp3) is 0.429. The molecule has 4 atom stereocenters. The molecular weight excluding hydrogens is 652 g/mol. The number of ether oxygens (including phenoxy) is 2. The second-order valence-corrected chi connectivity index (χ2v) is 16.6. The number of H-pyrrole nitrogens is 2. The first-order valence-corrected chi connectivity index (χ1v) is 18.6. The highest BCUT2D eigenvalue weighted by Crippen LogP contribution is 2.50. The molecular formula is C42H48N6O4. The van der Waals surface area contributed by atoms with E-state index in [1.807, 2.05) is 52.6 Å². The molecule has 0 spiro atoms. The Kier molecular flexibility index (Phi) is 8.38. The molecule has 1 saturated carbocycles. The molecule has 4 heterocycles. The SMILES string of the molecule is CC(C)(C)OC(=O)N1CCC[C@H]1c1ncc(-c2ccc(-c3ccc(-c4ccc5nc([C@@H]6[C@H]7CC[C@H](C7)N6C(=O)OC(C)(C)C)[nH]c5c4)cc3)cc2)[nH]1. The molecule has 8 rings (SSSR count). The Morgan fingerprint density at radius 3 is 2.02 bits per heavy atom. The monoisotopic (exact) mass is 700 g/mol. The summed E-state index contributed by atoms with van der Waals surface area (Å²) in [4.78, 5) is 46.5. The number of fused-ring (bicyclic) bond motifs is 3. The van der Waals surface area contributed by atoms with Crippen LogP contribution >= 0.6 is 0 Å². The zero-order valence-corrected chi connectivity index (χ0v) is 30.9. The van der Waals surface area contributed by atoms with Gasteiger partial charge in [0.15, 0.2) is 0 Å². The Labute approximate surface area is 304 Å². The van der Waals surface area contributed by atoms with Crippen LogP contribution in [0.2, 0.25) is 0 Å². The van der Waals surface area contributed by atoms with E-state index >= 15 is 0 Å².